The molecule has 118 valence electrons. The van der Waals surface area contributed by atoms with Crippen molar-refractivity contribution in [1.82, 2.24) is 10.2 Å². The van der Waals surface area contributed by atoms with Crippen molar-refractivity contribution in [2.24, 2.45) is 5.92 Å². The molecule has 3 heteroatoms. The zero-order chi connectivity index (χ0) is 15.2. The summed E-state index contributed by atoms with van der Waals surface area (Å²) in [5, 5.41) is 13.8. The molecule has 0 spiro atoms. The number of rotatable bonds is 7. The van der Waals surface area contributed by atoms with Gasteiger partial charge >= 0.3 is 0 Å². The highest BCUT2D eigenvalue weighted by atomic mass is 16.3. The summed E-state index contributed by atoms with van der Waals surface area (Å²) in [6.07, 6.45) is 1.92. The first-order valence-corrected chi connectivity index (χ1v) is 8.30. The molecule has 3 nitrogen and oxygen atoms in total. The third-order valence-electron chi connectivity index (χ3n) is 4.54. The van der Waals surface area contributed by atoms with Gasteiger partial charge in [-0.2, -0.15) is 0 Å². The Morgan fingerprint density at radius 3 is 2.62 bits per heavy atom. The number of β-amino-alcohol motifs (C(OH)–C–C–N with tert-alkyl or cyclic N) is 1. The van der Waals surface area contributed by atoms with E-state index < -0.39 is 0 Å². The largest absolute Gasteiger partial charge is 0.390 e. The highest BCUT2D eigenvalue weighted by Gasteiger charge is 2.19. The van der Waals surface area contributed by atoms with Gasteiger partial charge in [-0.3, -0.25) is 4.90 Å². The van der Waals surface area contributed by atoms with Gasteiger partial charge in [0.05, 0.1) is 6.10 Å². The third kappa shape index (κ3) is 4.80. The van der Waals surface area contributed by atoms with E-state index in [1.54, 1.807) is 0 Å². The quantitative estimate of drug-likeness (QED) is 0.809. The minimum Gasteiger partial charge on any atom is -0.390 e. The molecule has 0 aliphatic carbocycles. The van der Waals surface area contributed by atoms with Crippen molar-refractivity contribution in [3.63, 3.8) is 0 Å². The van der Waals surface area contributed by atoms with Crippen LogP contribution in [0.1, 0.15) is 38.3 Å². The van der Waals surface area contributed by atoms with Crippen LogP contribution in [0.2, 0.25) is 0 Å². The number of fused-ring (bicyclic) bond motifs is 1. The van der Waals surface area contributed by atoms with Crippen LogP contribution in [0, 0.1) is 5.92 Å². The van der Waals surface area contributed by atoms with Crippen LogP contribution >= 0.6 is 0 Å². The predicted octanol–water partition coefficient (Wildman–Crippen LogP) is 2.43. The van der Waals surface area contributed by atoms with Crippen LogP contribution in [0.25, 0.3) is 0 Å². The monoisotopic (exact) mass is 290 g/mol. The number of hydrogen-bond donors (Lipinski definition) is 2. The summed E-state index contributed by atoms with van der Waals surface area (Å²) in [6.45, 7) is 10.1. The van der Waals surface area contributed by atoms with Crippen LogP contribution in [0.3, 0.4) is 0 Å². The van der Waals surface area contributed by atoms with E-state index in [4.69, 9.17) is 0 Å². The molecule has 0 fully saturated rings. The Kier molecular flexibility index (Phi) is 6.22. The van der Waals surface area contributed by atoms with Crippen LogP contribution in [0.4, 0.5) is 0 Å². The fourth-order valence-electron chi connectivity index (χ4n) is 3.21. The Morgan fingerprint density at radius 2 is 1.95 bits per heavy atom. The lowest BCUT2D eigenvalue weighted by atomic mass is 9.99. The Hall–Kier alpha value is -0.900. The molecule has 0 bridgehead atoms. The SMILES string of the molecule is CCC(NCC(O)CN1CCc2ccccc2C1)C(C)C. The van der Waals surface area contributed by atoms with E-state index in [0.717, 1.165) is 32.5 Å². The number of aliphatic hydroxyl groups excluding tert-OH is 1. The molecule has 1 aromatic rings. The second-order valence-corrected chi connectivity index (χ2v) is 6.57. The Balaban J connectivity index is 1.78. The molecule has 0 amide bonds. The van der Waals surface area contributed by atoms with Gasteiger partial charge in [0.1, 0.15) is 0 Å². The van der Waals surface area contributed by atoms with Crippen LogP contribution < -0.4 is 5.32 Å². The fourth-order valence-corrected chi connectivity index (χ4v) is 3.21. The highest BCUT2D eigenvalue weighted by Crippen LogP contribution is 2.18. The molecule has 0 saturated heterocycles. The number of benzene rings is 1. The summed E-state index contributed by atoms with van der Waals surface area (Å²) >= 11 is 0. The molecule has 0 aromatic heterocycles. The molecule has 1 heterocycles. The molecule has 2 N–H and O–H groups in total. The molecule has 1 aromatic carbocycles. The van der Waals surface area contributed by atoms with Gasteiger partial charge in [0.25, 0.3) is 0 Å². The van der Waals surface area contributed by atoms with Crippen LogP contribution in [-0.4, -0.2) is 41.8 Å². The zero-order valence-electron chi connectivity index (χ0n) is 13.7. The second kappa shape index (κ2) is 7.92. The molecule has 1 aliphatic rings. The van der Waals surface area contributed by atoms with Gasteiger partial charge < -0.3 is 10.4 Å². The molecule has 0 saturated carbocycles. The average molecular weight is 290 g/mol. The van der Waals surface area contributed by atoms with Crippen molar-refractivity contribution in [2.45, 2.75) is 52.3 Å². The molecule has 2 atom stereocenters. The first-order chi connectivity index (χ1) is 10.1. The molecule has 0 radical (unpaired) electrons. The van der Waals surface area contributed by atoms with Crippen molar-refractivity contribution in [3.05, 3.63) is 35.4 Å². The molecule has 2 unspecified atom stereocenters. The van der Waals surface area contributed by atoms with Crippen molar-refractivity contribution in [2.75, 3.05) is 19.6 Å². The molecular weight excluding hydrogens is 260 g/mol. The van der Waals surface area contributed by atoms with Gasteiger partial charge in [0.2, 0.25) is 0 Å². The molecular formula is C18H30N2O. The second-order valence-electron chi connectivity index (χ2n) is 6.57. The smallest absolute Gasteiger partial charge is 0.0791 e. The van der Waals surface area contributed by atoms with E-state index in [2.05, 4.69) is 55.3 Å². The number of aliphatic hydroxyl groups is 1. The first kappa shape index (κ1) is 16.5. The van der Waals surface area contributed by atoms with Gasteiger partial charge in [-0.25, -0.2) is 0 Å². The van der Waals surface area contributed by atoms with Gasteiger partial charge in [-0.05, 0) is 29.9 Å². The summed E-state index contributed by atoms with van der Waals surface area (Å²) in [7, 11) is 0. The summed E-state index contributed by atoms with van der Waals surface area (Å²) in [5.41, 5.74) is 2.88. The summed E-state index contributed by atoms with van der Waals surface area (Å²) in [4.78, 5) is 2.37. The first-order valence-electron chi connectivity index (χ1n) is 8.30. The Morgan fingerprint density at radius 1 is 1.24 bits per heavy atom. The van der Waals surface area contributed by atoms with E-state index in [9.17, 15) is 5.11 Å². The molecule has 21 heavy (non-hydrogen) atoms. The third-order valence-corrected chi connectivity index (χ3v) is 4.54. The van der Waals surface area contributed by atoms with Gasteiger partial charge in [0.15, 0.2) is 0 Å². The topological polar surface area (TPSA) is 35.5 Å². The summed E-state index contributed by atoms with van der Waals surface area (Å²) in [5.74, 6) is 0.615. The van der Waals surface area contributed by atoms with E-state index in [-0.39, 0.29) is 6.10 Å². The van der Waals surface area contributed by atoms with Crippen LogP contribution in [-0.2, 0) is 13.0 Å². The lowest BCUT2D eigenvalue weighted by Gasteiger charge is -2.31. The number of hydrogen-bond acceptors (Lipinski definition) is 3. The fraction of sp³-hybridized carbons (Fsp3) is 0.667. The normalized spacial score (nSPS) is 18.5. The van der Waals surface area contributed by atoms with E-state index >= 15 is 0 Å². The van der Waals surface area contributed by atoms with Crippen molar-refractivity contribution >= 4 is 0 Å². The summed E-state index contributed by atoms with van der Waals surface area (Å²) in [6, 6.07) is 9.15. The molecule has 2 rings (SSSR count). The Bertz CT molecular complexity index is 433. The van der Waals surface area contributed by atoms with Crippen molar-refractivity contribution in [3.8, 4) is 0 Å². The maximum atomic E-state index is 10.3. The number of nitrogens with zero attached hydrogens (tertiary/aromatic N) is 1. The predicted molar refractivity (Wildman–Crippen MR) is 88.3 cm³/mol. The molecule has 1 aliphatic heterocycles. The van der Waals surface area contributed by atoms with Crippen LogP contribution in [0.15, 0.2) is 24.3 Å². The van der Waals surface area contributed by atoms with Crippen LogP contribution in [0.5, 0.6) is 0 Å². The van der Waals surface area contributed by atoms with Crippen molar-refractivity contribution in [1.29, 1.82) is 0 Å². The van der Waals surface area contributed by atoms with Gasteiger partial charge in [-0.1, -0.05) is 45.0 Å². The Labute approximate surface area is 129 Å². The number of nitrogens with one attached hydrogen (secondary N) is 1. The summed E-state index contributed by atoms with van der Waals surface area (Å²) < 4.78 is 0. The van der Waals surface area contributed by atoms with Gasteiger partial charge in [0, 0.05) is 32.2 Å². The van der Waals surface area contributed by atoms with Crippen molar-refractivity contribution < 1.29 is 5.11 Å². The maximum absolute atomic E-state index is 10.3. The van der Waals surface area contributed by atoms with E-state index in [0.29, 0.717) is 18.5 Å². The minimum atomic E-state index is -0.289. The van der Waals surface area contributed by atoms with Gasteiger partial charge in [-0.15, -0.1) is 0 Å². The minimum absolute atomic E-state index is 0.289. The average Bonchev–Trinajstić information content (AvgIpc) is 2.47. The zero-order valence-corrected chi connectivity index (χ0v) is 13.7. The lowest BCUT2D eigenvalue weighted by molar-refractivity contribution is 0.0998. The lowest BCUT2D eigenvalue weighted by Crippen LogP contribution is -2.44. The maximum Gasteiger partial charge on any atom is 0.0791 e. The highest BCUT2D eigenvalue weighted by molar-refractivity contribution is 5.29. The van der Waals surface area contributed by atoms with E-state index in [1.165, 1.54) is 11.1 Å². The standard InChI is InChI=1S/C18H30N2O/c1-4-18(14(2)3)19-11-17(21)13-20-10-9-15-7-5-6-8-16(15)12-20/h5-8,14,17-19,21H,4,9-13H2,1-3H3. The van der Waals surface area contributed by atoms with E-state index in [1.807, 2.05) is 0 Å².